The van der Waals surface area contributed by atoms with E-state index in [1.165, 1.54) is 38.4 Å². The van der Waals surface area contributed by atoms with E-state index in [2.05, 4.69) is 19.9 Å². The summed E-state index contributed by atoms with van der Waals surface area (Å²) in [5.74, 6) is 2.65. The molecule has 0 aromatic rings. The molecule has 0 spiro atoms. The number of hydrogen-bond acceptors (Lipinski definition) is 2. The standard InChI is InChI=1S/C20H30O2/c1-19-9-7-15(22)11-13(19)3-5-16-17-6-4-14(12-21)20(17,2)10-8-18(16)19/h11-12,14-18,22H,3-10H2,1-2H3/t14?,15?,16-,17-,18+,19-,20+/m0/s1. The highest BCUT2D eigenvalue weighted by molar-refractivity contribution is 5.56. The minimum absolute atomic E-state index is 0.209. The molecular weight excluding hydrogens is 272 g/mol. The topological polar surface area (TPSA) is 37.3 Å². The van der Waals surface area contributed by atoms with Crippen LogP contribution in [0.4, 0.5) is 0 Å². The van der Waals surface area contributed by atoms with E-state index in [-0.39, 0.29) is 11.5 Å². The molecule has 0 amide bonds. The van der Waals surface area contributed by atoms with E-state index in [1.807, 2.05) is 0 Å². The second kappa shape index (κ2) is 4.93. The Morgan fingerprint density at radius 2 is 1.91 bits per heavy atom. The number of rotatable bonds is 1. The summed E-state index contributed by atoms with van der Waals surface area (Å²) in [5.41, 5.74) is 2.14. The fourth-order valence-corrected chi connectivity index (χ4v) is 6.97. The normalized spacial score (nSPS) is 54.0. The Bertz CT molecular complexity index is 510. The third-order valence-corrected chi connectivity index (χ3v) is 8.33. The Hall–Kier alpha value is -0.630. The lowest BCUT2D eigenvalue weighted by Crippen LogP contribution is -2.50. The largest absolute Gasteiger partial charge is 0.389 e. The van der Waals surface area contributed by atoms with Gasteiger partial charge in [0.05, 0.1) is 6.10 Å². The molecule has 0 saturated heterocycles. The number of aliphatic hydroxyl groups excluding tert-OH is 1. The van der Waals surface area contributed by atoms with Gasteiger partial charge in [-0.25, -0.2) is 0 Å². The lowest BCUT2D eigenvalue weighted by molar-refractivity contribution is -0.118. The van der Waals surface area contributed by atoms with Crippen LogP contribution in [0.15, 0.2) is 11.6 Å². The monoisotopic (exact) mass is 302 g/mol. The zero-order valence-corrected chi connectivity index (χ0v) is 14.1. The van der Waals surface area contributed by atoms with Crippen molar-refractivity contribution in [3.05, 3.63) is 11.6 Å². The van der Waals surface area contributed by atoms with Crippen LogP contribution in [0.25, 0.3) is 0 Å². The van der Waals surface area contributed by atoms with Gasteiger partial charge in [0, 0.05) is 5.92 Å². The molecule has 0 heterocycles. The van der Waals surface area contributed by atoms with Crippen molar-refractivity contribution < 1.29 is 9.90 Å². The quantitative estimate of drug-likeness (QED) is 0.584. The summed E-state index contributed by atoms with van der Waals surface area (Å²) < 4.78 is 0. The molecule has 122 valence electrons. The molecule has 4 aliphatic rings. The molecule has 0 aromatic carbocycles. The first-order valence-electron chi connectivity index (χ1n) is 9.33. The molecule has 2 unspecified atom stereocenters. The van der Waals surface area contributed by atoms with E-state index in [0.717, 1.165) is 37.0 Å². The average Bonchev–Trinajstić information content (AvgIpc) is 2.84. The lowest BCUT2D eigenvalue weighted by Gasteiger charge is -2.58. The summed E-state index contributed by atoms with van der Waals surface area (Å²) in [6.07, 6.45) is 12.7. The van der Waals surface area contributed by atoms with Gasteiger partial charge in [-0.3, -0.25) is 0 Å². The highest BCUT2D eigenvalue weighted by Crippen LogP contribution is 2.66. The zero-order valence-electron chi connectivity index (χ0n) is 14.1. The minimum atomic E-state index is -0.209. The van der Waals surface area contributed by atoms with E-state index in [4.69, 9.17) is 0 Å². The summed E-state index contributed by atoms with van der Waals surface area (Å²) in [6.45, 7) is 4.87. The van der Waals surface area contributed by atoms with E-state index in [0.29, 0.717) is 11.3 Å². The van der Waals surface area contributed by atoms with Gasteiger partial charge in [0.2, 0.25) is 0 Å². The van der Waals surface area contributed by atoms with Gasteiger partial charge in [0.25, 0.3) is 0 Å². The number of aliphatic hydroxyl groups is 1. The van der Waals surface area contributed by atoms with Gasteiger partial charge < -0.3 is 9.90 Å². The maximum atomic E-state index is 11.5. The van der Waals surface area contributed by atoms with Crippen molar-refractivity contribution in [3.63, 3.8) is 0 Å². The van der Waals surface area contributed by atoms with Crippen LogP contribution in [0.2, 0.25) is 0 Å². The van der Waals surface area contributed by atoms with Crippen LogP contribution in [0.5, 0.6) is 0 Å². The van der Waals surface area contributed by atoms with E-state index in [9.17, 15) is 9.90 Å². The number of carbonyl (C=O) groups excluding carboxylic acids is 1. The van der Waals surface area contributed by atoms with Crippen LogP contribution in [-0.2, 0) is 4.79 Å². The second-order valence-corrected chi connectivity index (χ2v) is 9.00. The summed E-state index contributed by atoms with van der Waals surface area (Å²) in [6, 6.07) is 0. The highest BCUT2D eigenvalue weighted by Gasteiger charge is 2.58. The molecule has 4 rings (SSSR count). The zero-order chi connectivity index (χ0) is 15.5. The molecule has 22 heavy (non-hydrogen) atoms. The fraction of sp³-hybridized carbons (Fsp3) is 0.850. The predicted octanol–water partition coefficient (Wildman–Crippen LogP) is 4.13. The Morgan fingerprint density at radius 1 is 1.09 bits per heavy atom. The first-order chi connectivity index (χ1) is 10.5. The predicted molar refractivity (Wildman–Crippen MR) is 87.3 cm³/mol. The maximum absolute atomic E-state index is 11.5. The van der Waals surface area contributed by atoms with Crippen LogP contribution in [0.1, 0.15) is 65.2 Å². The number of hydrogen-bond donors (Lipinski definition) is 1. The van der Waals surface area contributed by atoms with Gasteiger partial charge in [0.1, 0.15) is 6.29 Å². The Kier molecular flexibility index (Phi) is 3.35. The van der Waals surface area contributed by atoms with Gasteiger partial charge in [-0.2, -0.15) is 0 Å². The van der Waals surface area contributed by atoms with Crippen molar-refractivity contribution in [2.24, 2.45) is 34.5 Å². The molecule has 0 bridgehead atoms. The van der Waals surface area contributed by atoms with Crippen molar-refractivity contribution in [2.45, 2.75) is 71.3 Å². The first kappa shape index (κ1) is 14.9. The van der Waals surface area contributed by atoms with Crippen LogP contribution < -0.4 is 0 Å². The third-order valence-electron chi connectivity index (χ3n) is 8.33. The SMILES string of the molecule is C[C@]12CCC(O)C=C1CC[C@@H]1[C@H]2CC[C@]2(C)C(C=O)CC[C@@H]12. The van der Waals surface area contributed by atoms with Gasteiger partial charge in [0.15, 0.2) is 0 Å². The molecule has 0 aromatic heterocycles. The Balaban J connectivity index is 1.67. The van der Waals surface area contributed by atoms with Crippen LogP contribution in [0.3, 0.4) is 0 Å². The molecule has 3 fully saturated rings. The Labute approximate surface area is 134 Å². The smallest absolute Gasteiger partial charge is 0.123 e. The molecule has 7 atom stereocenters. The molecular formula is C20H30O2. The molecule has 4 aliphatic carbocycles. The summed E-state index contributed by atoms with van der Waals surface area (Å²) >= 11 is 0. The highest BCUT2D eigenvalue weighted by atomic mass is 16.3. The maximum Gasteiger partial charge on any atom is 0.123 e. The van der Waals surface area contributed by atoms with Gasteiger partial charge in [-0.1, -0.05) is 25.5 Å². The molecule has 0 radical (unpaired) electrons. The number of allylic oxidation sites excluding steroid dienone is 1. The molecule has 2 heteroatoms. The first-order valence-corrected chi connectivity index (χ1v) is 9.33. The van der Waals surface area contributed by atoms with Crippen molar-refractivity contribution in [1.29, 1.82) is 0 Å². The van der Waals surface area contributed by atoms with E-state index >= 15 is 0 Å². The third kappa shape index (κ3) is 1.85. The van der Waals surface area contributed by atoms with Gasteiger partial charge in [-0.15, -0.1) is 0 Å². The van der Waals surface area contributed by atoms with Crippen molar-refractivity contribution in [3.8, 4) is 0 Å². The number of carbonyl (C=O) groups is 1. The van der Waals surface area contributed by atoms with E-state index < -0.39 is 0 Å². The van der Waals surface area contributed by atoms with E-state index in [1.54, 1.807) is 5.57 Å². The second-order valence-electron chi connectivity index (χ2n) is 9.00. The summed E-state index contributed by atoms with van der Waals surface area (Å²) in [4.78, 5) is 11.5. The van der Waals surface area contributed by atoms with Gasteiger partial charge in [-0.05, 0) is 80.0 Å². The van der Waals surface area contributed by atoms with Crippen LogP contribution in [-0.4, -0.2) is 17.5 Å². The summed E-state index contributed by atoms with van der Waals surface area (Å²) in [5, 5.41) is 10.0. The summed E-state index contributed by atoms with van der Waals surface area (Å²) in [7, 11) is 0. The van der Waals surface area contributed by atoms with Crippen molar-refractivity contribution in [1.82, 2.24) is 0 Å². The lowest BCUT2D eigenvalue weighted by atomic mass is 9.47. The molecule has 1 N–H and O–H groups in total. The number of fused-ring (bicyclic) bond motifs is 5. The minimum Gasteiger partial charge on any atom is -0.389 e. The molecule has 0 aliphatic heterocycles. The molecule has 3 saturated carbocycles. The number of aldehydes is 1. The van der Waals surface area contributed by atoms with Crippen molar-refractivity contribution >= 4 is 6.29 Å². The van der Waals surface area contributed by atoms with Crippen LogP contribution >= 0.6 is 0 Å². The van der Waals surface area contributed by atoms with Crippen molar-refractivity contribution in [2.75, 3.05) is 0 Å². The van der Waals surface area contributed by atoms with Crippen LogP contribution in [0, 0.1) is 34.5 Å². The Morgan fingerprint density at radius 3 is 2.68 bits per heavy atom. The fourth-order valence-electron chi connectivity index (χ4n) is 6.97. The van der Waals surface area contributed by atoms with Gasteiger partial charge >= 0.3 is 0 Å². The average molecular weight is 302 g/mol. The molecule has 2 nitrogen and oxygen atoms in total.